The van der Waals surface area contributed by atoms with Crippen molar-refractivity contribution in [3.8, 4) is 17.2 Å². The second kappa shape index (κ2) is 13.2. The molecule has 2 aromatic carbocycles. The molecule has 44 heavy (non-hydrogen) atoms. The number of nitrogens with zero attached hydrogens (tertiary/aromatic N) is 3. The molecule has 1 aromatic heterocycles. The van der Waals surface area contributed by atoms with Crippen molar-refractivity contribution in [2.75, 3.05) is 38.7 Å². The Bertz CT molecular complexity index is 1510. The summed E-state index contributed by atoms with van der Waals surface area (Å²) < 4.78 is 22.8. The van der Waals surface area contributed by atoms with Crippen molar-refractivity contribution >= 4 is 34.4 Å². The molecule has 1 unspecified atom stereocenters. The summed E-state index contributed by atoms with van der Waals surface area (Å²) in [4.78, 5) is 47.5. The third kappa shape index (κ3) is 7.86. The van der Waals surface area contributed by atoms with Crippen molar-refractivity contribution < 1.29 is 33.3 Å². The first-order valence-electron chi connectivity index (χ1n) is 14.6. The van der Waals surface area contributed by atoms with Gasteiger partial charge in [-0.1, -0.05) is 11.3 Å². The first-order valence-corrected chi connectivity index (χ1v) is 15.4. The molecule has 234 valence electrons. The molecular weight excluding hydrogens is 584 g/mol. The number of amides is 3. The number of likely N-dealkylation sites (tertiary alicyclic amines) is 1. The Kier molecular flexibility index (Phi) is 9.40. The number of thiazole rings is 1. The van der Waals surface area contributed by atoms with Gasteiger partial charge in [-0.15, -0.1) is 0 Å². The highest BCUT2D eigenvalue weighted by Crippen LogP contribution is 2.32. The van der Waals surface area contributed by atoms with Gasteiger partial charge in [-0.25, -0.2) is 9.78 Å². The summed E-state index contributed by atoms with van der Waals surface area (Å²) in [5.41, 5.74) is 1.19. The lowest BCUT2D eigenvalue weighted by Crippen LogP contribution is -2.41. The highest BCUT2D eigenvalue weighted by Gasteiger charge is 2.28. The third-order valence-electron chi connectivity index (χ3n) is 6.96. The molecule has 1 fully saturated rings. The first-order chi connectivity index (χ1) is 21.0. The Morgan fingerprint density at radius 2 is 1.70 bits per heavy atom. The molecule has 11 nitrogen and oxygen atoms in total. The van der Waals surface area contributed by atoms with Crippen LogP contribution in [0.15, 0.2) is 42.5 Å². The fourth-order valence-corrected chi connectivity index (χ4v) is 5.75. The number of aromatic nitrogens is 1. The van der Waals surface area contributed by atoms with E-state index < -0.39 is 5.60 Å². The predicted molar refractivity (Wildman–Crippen MR) is 166 cm³/mol. The highest BCUT2D eigenvalue weighted by molar-refractivity contribution is 7.15. The number of carbonyl (C=O) groups is 3. The maximum atomic E-state index is 13.4. The summed E-state index contributed by atoms with van der Waals surface area (Å²) in [7, 11) is 1.59. The van der Waals surface area contributed by atoms with Gasteiger partial charge in [0.05, 0.1) is 18.8 Å². The summed E-state index contributed by atoms with van der Waals surface area (Å²) >= 11 is 1.33. The van der Waals surface area contributed by atoms with E-state index in [4.69, 9.17) is 18.9 Å². The van der Waals surface area contributed by atoms with E-state index in [2.05, 4.69) is 10.3 Å². The lowest BCUT2D eigenvalue weighted by Gasteiger charge is -2.30. The fourth-order valence-electron chi connectivity index (χ4n) is 4.73. The molecule has 0 saturated carbocycles. The molecular formula is C32H38N4O7S. The monoisotopic (exact) mass is 622 g/mol. The molecule has 1 atom stereocenters. The van der Waals surface area contributed by atoms with E-state index in [0.717, 1.165) is 30.1 Å². The van der Waals surface area contributed by atoms with Crippen LogP contribution in [0, 0.1) is 0 Å². The average Bonchev–Trinajstić information content (AvgIpc) is 3.33. The Morgan fingerprint density at radius 3 is 2.36 bits per heavy atom. The number of nitrogens with one attached hydrogen (secondary N) is 1. The maximum Gasteiger partial charge on any atom is 0.410 e. The zero-order valence-electron chi connectivity index (χ0n) is 25.7. The van der Waals surface area contributed by atoms with E-state index in [0.29, 0.717) is 59.6 Å². The van der Waals surface area contributed by atoms with Crippen LogP contribution in [0.25, 0.3) is 0 Å². The van der Waals surface area contributed by atoms with Gasteiger partial charge < -0.3 is 28.7 Å². The van der Waals surface area contributed by atoms with Gasteiger partial charge in [0.2, 0.25) is 0 Å². The summed E-state index contributed by atoms with van der Waals surface area (Å²) in [5.74, 6) is 0.968. The Balaban J connectivity index is 1.31. The van der Waals surface area contributed by atoms with Crippen LogP contribution in [0.1, 0.15) is 65.4 Å². The normalized spacial score (nSPS) is 15.1. The summed E-state index contributed by atoms with van der Waals surface area (Å²) in [6.07, 6.45) is 0.965. The number of hydrogen-bond acceptors (Lipinski definition) is 9. The number of anilines is 1. The van der Waals surface area contributed by atoms with E-state index in [-0.39, 0.29) is 24.0 Å². The fraction of sp³-hybridized carbons (Fsp3) is 0.438. The van der Waals surface area contributed by atoms with Crippen LogP contribution in [0.3, 0.4) is 0 Å². The minimum absolute atomic E-state index is 0.00528. The SMILES string of the molecule is COCC(C)Oc1cc(Oc2ccc(C(=O)N3CCC3)cc2)cc(C(=O)Nc2nc3c(s2)CN(C(=O)OC(C)(C)C)CC3)c1. The van der Waals surface area contributed by atoms with Gasteiger partial charge in [0, 0.05) is 55.2 Å². The molecule has 3 amide bonds. The molecule has 5 rings (SSSR count). The molecule has 0 radical (unpaired) electrons. The lowest BCUT2D eigenvalue weighted by molar-refractivity contribution is 0.0225. The third-order valence-corrected chi connectivity index (χ3v) is 7.96. The molecule has 2 aliphatic heterocycles. The quantitative estimate of drug-likeness (QED) is 0.321. The topological polar surface area (TPSA) is 120 Å². The van der Waals surface area contributed by atoms with Gasteiger partial charge >= 0.3 is 6.09 Å². The number of ether oxygens (including phenoxy) is 4. The van der Waals surface area contributed by atoms with Crippen molar-refractivity contribution in [3.63, 3.8) is 0 Å². The molecule has 1 saturated heterocycles. The minimum atomic E-state index is -0.581. The van der Waals surface area contributed by atoms with Gasteiger partial charge in [0.15, 0.2) is 5.13 Å². The minimum Gasteiger partial charge on any atom is -0.488 e. The largest absolute Gasteiger partial charge is 0.488 e. The molecule has 3 heterocycles. The molecule has 2 aliphatic rings. The van der Waals surface area contributed by atoms with Crippen LogP contribution in [0.2, 0.25) is 0 Å². The van der Waals surface area contributed by atoms with Crippen LogP contribution in [-0.4, -0.2) is 77.7 Å². The smallest absolute Gasteiger partial charge is 0.410 e. The van der Waals surface area contributed by atoms with Crippen LogP contribution in [0.4, 0.5) is 9.93 Å². The van der Waals surface area contributed by atoms with Crippen molar-refractivity contribution in [3.05, 3.63) is 64.2 Å². The van der Waals surface area contributed by atoms with Crippen LogP contribution in [-0.2, 0) is 22.4 Å². The predicted octanol–water partition coefficient (Wildman–Crippen LogP) is 5.74. The van der Waals surface area contributed by atoms with E-state index in [1.54, 1.807) is 59.4 Å². The number of carbonyl (C=O) groups excluding carboxylic acids is 3. The van der Waals surface area contributed by atoms with E-state index in [1.807, 2.05) is 27.7 Å². The van der Waals surface area contributed by atoms with Crippen LogP contribution < -0.4 is 14.8 Å². The van der Waals surface area contributed by atoms with Gasteiger partial charge in [-0.2, -0.15) is 0 Å². The molecule has 0 aliphatic carbocycles. The van der Waals surface area contributed by atoms with E-state index in [1.165, 1.54) is 11.3 Å². The second-order valence-electron chi connectivity index (χ2n) is 11.8. The van der Waals surface area contributed by atoms with Gasteiger partial charge in [-0.05, 0) is 70.5 Å². The number of methoxy groups -OCH3 is 1. The van der Waals surface area contributed by atoms with Gasteiger partial charge in [0.1, 0.15) is 29.0 Å². The molecule has 0 bridgehead atoms. The second-order valence-corrected chi connectivity index (χ2v) is 12.9. The molecule has 12 heteroatoms. The molecule has 1 N–H and O–H groups in total. The zero-order valence-corrected chi connectivity index (χ0v) is 26.5. The van der Waals surface area contributed by atoms with E-state index in [9.17, 15) is 14.4 Å². The molecule has 0 spiro atoms. The van der Waals surface area contributed by atoms with Crippen LogP contribution in [0.5, 0.6) is 17.2 Å². The van der Waals surface area contributed by atoms with Crippen molar-refractivity contribution in [1.29, 1.82) is 0 Å². The lowest BCUT2D eigenvalue weighted by atomic mass is 10.1. The maximum absolute atomic E-state index is 13.4. The zero-order chi connectivity index (χ0) is 31.4. The van der Waals surface area contributed by atoms with E-state index >= 15 is 0 Å². The van der Waals surface area contributed by atoms with Crippen molar-refractivity contribution in [2.45, 2.75) is 58.8 Å². The number of benzene rings is 2. The number of hydrogen-bond donors (Lipinski definition) is 1. The van der Waals surface area contributed by atoms with Crippen LogP contribution >= 0.6 is 11.3 Å². The first kappa shape index (κ1) is 31.3. The highest BCUT2D eigenvalue weighted by atomic mass is 32.1. The Morgan fingerprint density at radius 1 is 0.977 bits per heavy atom. The summed E-state index contributed by atoms with van der Waals surface area (Å²) in [5, 5.41) is 3.33. The standard InChI is InChI=1S/C32H38N4O7S/c1-20(19-40-5)41-24-15-22(16-25(17-24)42-23-9-7-21(8-10-23)29(38)35-12-6-13-35)28(37)34-30-33-26-11-14-36(18-27(26)44-30)31(39)43-32(2,3)4/h7-10,15-17,20H,6,11-14,18-19H2,1-5H3,(H,33,34,37). The van der Waals surface area contributed by atoms with Gasteiger partial charge in [0.25, 0.3) is 11.8 Å². The van der Waals surface area contributed by atoms with Gasteiger partial charge in [-0.3, -0.25) is 14.9 Å². The Labute approximate surface area is 261 Å². The summed E-state index contributed by atoms with van der Waals surface area (Å²) in [6, 6.07) is 11.9. The molecule has 3 aromatic rings. The average molecular weight is 623 g/mol. The Hall–Kier alpha value is -4.16. The number of fused-ring (bicyclic) bond motifs is 1. The number of rotatable bonds is 9. The van der Waals surface area contributed by atoms with Crippen molar-refractivity contribution in [2.24, 2.45) is 0 Å². The summed E-state index contributed by atoms with van der Waals surface area (Å²) in [6.45, 7) is 10.2. The van der Waals surface area contributed by atoms with Crippen molar-refractivity contribution in [1.82, 2.24) is 14.8 Å².